The first kappa shape index (κ1) is 12.7. The Hall–Kier alpha value is -2.36. The molecule has 0 saturated heterocycles. The molecular formula is C16H18N4. The highest BCUT2D eigenvalue weighted by molar-refractivity contribution is 5.83. The zero-order valence-electron chi connectivity index (χ0n) is 11.8. The number of para-hydroxylation sites is 1. The van der Waals surface area contributed by atoms with E-state index < -0.39 is 0 Å². The number of aromatic amines is 1. The van der Waals surface area contributed by atoms with Crippen molar-refractivity contribution >= 4 is 16.7 Å². The van der Waals surface area contributed by atoms with Crippen LogP contribution in [-0.4, -0.2) is 21.5 Å². The van der Waals surface area contributed by atoms with E-state index in [1.54, 1.807) is 0 Å². The summed E-state index contributed by atoms with van der Waals surface area (Å²) in [5.74, 6) is 1.78. The first-order chi connectivity index (χ1) is 9.78. The molecule has 0 radical (unpaired) electrons. The molecule has 0 atom stereocenters. The molecule has 3 aromatic rings. The van der Waals surface area contributed by atoms with Gasteiger partial charge >= 0.3 is 0 Å². The van der Waals surface area contributed by atoms with Crippen LogP contribution in [0.2, 0.25) is 0 Å². The lowest BCUT2D eigenvalue weighted by atomic mass is 10.1. The number of rotatable bonds is 4. The first-order valence-electron chi connectivity index (χ1n) is 6.87. The molecule has 2 heterocycles. The Morgan fingerprint density at radius 3 is 2.85 bits per heavy atom. The lowest BCUT2D eigenvalue weighted by molar-refractivity contribution is 0.808. The third-order valence-corrected chi connectivity index (χ3v) is 3.50. The SMILES string of the molecule is CCN(Cc1c[nH]c2ccccc12)c1ccnc(C)n1. The van der Waals surface area contributed by atoms with Crippen LogP contribution in [0.15, 0.2) is 42.7 Å². The van der Waals surface area contributed by atoms with Crippen LogP contribution in [-0.2, 0) is 6.54 Å². The van der Waals surface area contributed by atoms with Crippen molar-refractivity contribution in [2.45, 2.75) is 20.4 Å². The van der Waals surface area contributed by atoms with Gasteiger partial charge in [-0.25, -0.2) is 9.97 Å². The molecule has 0 bridgehead atoms. The van der Waals surface area contributed by atoms with E-state index in [0.717, 1.165) is 24.7 Å². The largest absolute Gasteiger partial charge is 0.361 e. The van der Waals surface area contributed by atoms with Crippen molar-refractivity contribution in [3.05, 3.63) is 54.1 Å². The molecule has 0 saturated carbocycles. The molecule has 20 heavy (non-hydrogen) atoms. The van der Waals surface area contributed by atoms with Gasteiger partial charge in [0.25, 0.3) is 0 Å². The molecule has 1 N–H and O–H groups in total. The topological polar surface area (TPSA) is 44.8 Å². The predicted octanol–water partition coefficient (Wildman–Crippen LogP) is 3.29. The number of aryl methyl sites for hydroxylation is 1. The summed E-state index contributed by atoms with van der Waals surface area (Å²) in [6, 6.07) is 10.3. The maximum Gasteiger partial charge on any atom is 0.132 e. The molecule has 102 valence electrons. The summed E-state index contributed by atoms with van der Waals surface area (Å²) in [4.78, 5) is 14.2. The standard InChI is InChI=1S/C16H18N4/c1-3-20(16-8-9-17-12(2)19-16)11-13-10-18-15-7-5-4-6-14(13)15/h4-10,18H,3,11H2,1-2H3. The molecule has 0 aliphatic carbocycles. The number of benzene rings is 1. The second-order valence-electron chi connectivity index (χ2n) is 4.84. The van der Waals surface area contributed by atoms with Crippen molar-refractivity contribution in [1.82, 2.24) is 15.0 Å². The summed E-state index contributed by atoms with van der Waals surface area (Å²) in [5, 5.41) is 1.27. The van der Waals surface area contributed by atoms with Gasteiger partial charge in [-0.3, -0.25) is 0 Å². The Morgan fingerprint density at radius 2 is 2.05 bits per heavy atom. The summed E-state index contributed by atoms with van der Waals surface area (Å²) in [7, 11) is 0. The highest BCUT2D eigenvalue weighted by Crippen LogP contribution is 2.21. The molecule has 0 unspecified atom stereocenters. The van der Waals surface area contributed by atoms with Gasteiger partial charge in [-0.2, -0.15) is 0 Å². The second kappa shape index (κ2) is 5.33. The van der Waals surface area contributed by atoms with Crippen molar-refractivity contribution in [3.63, 3.8) is 0 Å². The summed E-state index contributed by atoms with van der Waals surface area (Å²) in [6.07, 6.45) is 3.90. The highest BCUT2D eigenvalue weighted by Gasteiger charge is 2.10. The van der Waals surface area contributed by atoms with Crippen molar-refractivity contribution in [1.29, 1.82) is 0 Å². The summed E-state index contributed by atoms with van der Waals surface area (Å²) < 4.78 is 0. The average molecular weight is 266 g/mol. The Balaban J connectivity index is 1.92. The number of aromatic nitrogens is 3. The Kier molecular flexibility index (Phi) is 3.37. The number of hydrogen-bond donors (Lipinski definition) is 1. The number of anilines is 1. The van der Waals surface area contributed by atoms with Gasteiger partial charge in [0.2, 0.25) is 0 Å². The first-order valence-corrected chi connectivity index (χ1v) is 6.87. The Morgan fingerprint density at radius 1 is 1.20 bits per heavy atom. The van der Waals surface area contributed by atoms with Crippen molar-refractivity contribution < 1.29 is 0 Å². The molecule has 3 rings (SSSR count). The Bertz CT molecular complexity index is 717. The maximum atomic E-state index is 4.51. The number of fused-ring (bicyclic) bond motifs is 1. The lowest BCUT2D eigenvalue weighted by Gasteiger charge is -2.21. The maximum absolute atomic E-state index is 4.51. The molecule has 0 amide bonds. The van der Waals surface area contributed by atoms with Crippen LogP contribution in [0.25, 0.3) is 10.9 Å². The highest BCUT2D eigenvalue weighted by atomic mass is 15.2. The van der Waals surface area contributed by atoms with Gasteiger partial charge in [0.15, 0.2) is 0 Å². The number of nitrogens with zero attached hydrogens (tertiary/aromatic N) is 3. The van der Waals surface area contributed by atoms with Gasteiger partial charge in [0.05, 0.1) is 0 Å². The van der Waals surface area contributed by atoms with Crippen molar-refractivity contribution in [3.8, 4) is 0 Å². The summed E-state index contributed by atoms with van der Waals surface area (Å²) in [6.45, 7) is 5.82. The fraction of sp³-hybridized carbons (Fsp3) is 0.250. The molecular weight excluding hydrogens is 248 g/mol. The predicted molar refractivity (Wildman–Crippen MR) is 81.8 cm³/mol. The molecule has 4 nitrogen and oxygen atoms in total. The molecule has 0 spiro atoms. The van der Waals surface area contributed by atoms with Gasteiger partial charge in [-0.1, -0.05) is 18.2 Å². The van der Waals surface area contributed by atoms with E-state index in [4.69, 9.17) is 0 Å². The lowest BCUT2D eigenvalue weighted by Crippen LogP contribution is -2.23. The van der Waals surface area contributed by atoms with Crippen LogP contribution < -0.4 is 4.90 Å². The fourth-order valence-electron chi connectivity index (χ4n) is 2.44. The molecule has 0 aliphatic rings. The van der Waals surface area contributed by atoms with E-state index in [2.05, 4.69) is 51.2 Å². The zero-order chi connectivity index (χ0) is 13.9. The molecule has 0 fully saturated rings. The fourth-order valence-corrected chi connectivity index (χ4v) is 2.44. The van der Waals surface area contributed by atoms with Crippen LogP contribution in [0, 0.1) is 6.92 Å². The van der Waals surface area contributed by atoms with Crippen LogP contribution in [0.4, 0.5) is 5.82 Å². The second-order valence-corrected chi connectivity index (χ2v) is 4.84. The van der Waals surface area contributed by atoms with Gasteiger partial charge in [-0.15, -0.1) is 0 Å². The van der Waals surface area contributed by atoms with Crippen molar-refractivity contribution in [2.24, 2.45) is 0 Å². The van der Waals surface area contributed by atoms with Crippen LogP contribution >= 0.6 is 0 Å². The van der Waals surface area contributed by atoms with Crippen LogP contribution in [0.1, 0.15) is 18.3 Å². The Labute approximate surface area is 118 Å². The molecule has 4 heteroatoms. The third kappa shape index (κ3) is 2.37. The van der Waals surface area contributed by atoms with E-state index in [0.29, 0.717) is 0 Å². The van der Waals surface area contributed by atoms with Crippen LogP contribution in [0.5, 0.6) is 0 Å². The van der Waals surface area contributed by atoms with E-state index >= 15 is 0 Å². The number of hydrogen-bond acceptors (Lipinski definition) is 3. The van der Waals surface area contributed by atoms with E-state index in [1.165, 1.54) is 16.5 Å². The van der Waals surface area contributed by atoms with E-state index in [-0.39, 0.29) is 0 Å². The quantitative estimate of drug-likeness (QED) is 0.788. The summed E-state index contributed by atoms with van der Waals surface area (Å²) in [5.41, 5.74) is 2.47. The monoisotopic (exact) mass is 266 g/mol. The average Bonchev–Trinajstić information content (AvgIpc) is 2.88. The smallest absolute Gasteiger partial charge is 0.132 e. The van der Waals surface area contributed by atoms with E-state index in [1.807, 2.05) is 25.3 Å². The number of H-pyrrole nitrogens is 1. The van der Waals surface area contributed by atoms with E-state index in [9.17, 15) is 0 Å². The number of nitrogens with one attached hydrogen (secondary N) is 1. The van der Waals surface area contributed by atoms with Gasteiger partial charge in [-0.05, 0) is 31.5 Å². The van der Waals surface area contributed by atoms with Crippen molar-refractivity contribution in [2.75, 3.05) is 11.4 Å². The normalized spacial score (nSPS) is 10.9. The van der Waals surface area contributed by atoms with Gasteiger partial charge in [0.1, 0.15) is 11.6 Å². The minimum Gasteiger partial charge on any atom is -0.361 e. The zero-order valence-corrected chi connectivity index (χ0v) is 11.8. The van der Waals surface area contributed by atoms with Gasteiger partial charge < -0.3 is 9.88 Å². The molecule has 1 aromatic carbocycles. The molecule has 2 aromatic heterocycles. The summed E-state index contributed by atoms with van der Waals surface area (Å²) >= 11 is 0. The third-order valence-electron chi connectivity index (χ3n) is 3.50. The van der Waals surface area contributed by atoms with Gasteiger partial charge in [0, 0.05) is 36.4 Å². The molecule has 0 aliphatic heterocycles. The minimum absolute atomic E-state index is 0.805. The minimum atomic E-state index is 0.805. The van der Waals surface area contributed by atoms with Crippen LogP contribution in [0.3, 0.4) is 0 Å².